The number of fused-ring (bicyclic) bond motifs is 1. The third kappa shape index (κ3) is 5.81. The minimum atomic E-state index is -1.06. The Labute approximate surface area is 156 Å². The number of nitrogens with zero attached hydrogens (tertiary/aromatic N) is 3. The summed E-state index contributed by atoms with van der Waals surface area (Å²) >= 11 is 1.78. The van der Waals surface area contributed by atoms with Crippen molar-refractivity contribution in [1.29, 1.82) is 0 Å². The number of aliphatic carboxylic acids is 1. The van der Waals surface area contributed by atoms with Gasteiger partial charge in [0.2, 0.25) is 0 Å². The van der Waals surface area contributed by atoms with Crippen LogP contribution in [0.2, 0.25) is 0 Å². The van der Waals surface area contributed by atoms with E-state index in [2.05, 4.69) is 20.7 Å². The Morgan fingerprint density at radius 2 is 2.12 bits per heavy atom. The molecule has 9 nitrogen and oxygen atoms in total. The number of nitrogens with one attached hydrogen (secondary N) is 2. The molecule has 0 aromatic heterocycles. The molecule has 2 fully saturated rings. The molecule has 0 radical (unpaired) electrons. The summed E-state index contributed by atoms with van der Waals surface area (Å²) in [4.78, 5) is 37.6. The van der Waals surface area contributed by atoms with Crippen molar-refractivity contribution >= 4 is 29.5 Å². The van der Waals surface area contributed by atoms with Crippen LogP contribution in [0.15, 0.2) is 5.11 Å². The fourth-order valence-electron chi connectivity index (χ4n) is 3.47. The molecular weight excluding hydrogens is 358 g/mol. The molecule has 2 amide bonds. The number of urea groups is 1. The first kappa shape index (κ1) is 20.4. The van der Waals surface area contributed by atoms with E-state index >= 15 is 0 Å². The number of amides is 2. The summed E-state index contributed by atoms with van der Waals surface area (Å²) in [6.45, 7) is 0.402. The molecule has 3 N–H and O–H groups in total. The van der Waals surface area contributed by atoms with E-state index in [1.807, 2.05) is 0 Å². The zero-order chi connectivity index (χ0) is 18.9. The molecular formula is C16H25N5O4S. The normalized spacial score (nSPS) is 24.9. The maximum atomic E-state index is 12.2. The first-order valence-electron chi connectivity index (χ1n) is 8.98. The second kappa shape index (κ2) is 10.3. The van der Waals surface area contributed by atoms with Crippen molar-refractivity contribution in [3.8, 4) is 0 Å². The highest BCUT2D eigenvalue weighted by Crippen LogP contribution is 2.33. The Kier molecular flexibility index (Phi) is 8.06. The molecule has 2 aliphatic heterocycles. The van der Waals surface area contributed by atoms with Gasteiger partial charge in [0, 0.05) is 28.9 Å². The Hall–Kier alpha value is -1.93. The molecule has 0 saturated carbocycles. The topological polar surface area (TPSA) is 144 Å². The van der Waals surface area contributed by atoms with Crippen LogP contribution in [0.5, 0.6) is 0 Å². The van der Waals surface area contributed by atoms with Crippen molar-refractivity contribution < 1.29 is 19.5 Å². The first-order valence-corrected chi connectivity index (χ1v) is 10.0. The molecule has 0 aromatic carbocycles. The highest BCUT2D eigenvalue weighted by Gasteiger charge is 2.42. The van der Waals surface area contributed by atoms with E-state index < -0.39 is 11.9 Å². The van der Waals surface area contributed by atoms with E-state index in [4.69, 9.17) is 5.53 Å². The summed E-state index contributed by atoms with van der Waals surface area (Å²) in [6.07, 6.45) is 4.08. The molecule has 0 aliphatic carbocycles. The number of unbranched alkanes of at least 4 members (excludes halogenated alkanes) is 2. The van der Waals surface area contributed by atoms with E-state index in [-0.39, 0.29) is 35.6 Å². The predicted molar refractivity (Wildman–Crippen MR) is 98.0 cm³/mol. The third-order valence-electron chi connectivity index (χ3n) is 4.85. The summed E-state index contributed by atoms with van der Waals surface area (Å²) in [7, 11) is 0. The lowest BCUT2D eigenvalue weighted by Crippen LogP contribution is -2.37. The molecule has 26 heavy (non-hydrogen) atoms. The number of rotatable bonds is 12. The van der Waals surface area contributed by atoms with Gasteiger partial charge < -0.3 is 15.7 Å². The lowest BCUT2D eigenvalue weighted by molar-refractivity contribution is -0.146. The molecule has 0 bridgehead atoms. The van der Waals surface area contributed by atoms with Crippen LogP contribution < -0.4 is 10.6 Å². The molecule has 2 saturated heterocycles. The standard InChI is InChI=1S/C16H25N5O4S/c17-21-18-8-3-1-2-6-12(22)10(15(23)24)5-4-7-13-14-11(9-26-13)19-16(25)20-14/h10-11,13-14H,1-9H2,(H,23,24)(H2,19,20,25)/t10?,11-,13-,14-/m0/s1. The summed E-state index contributed by atoms with van der Waals surface area (Å²) in [5, 5.41) is 18.8. The summed E-state index contributed by atoms with van der Waals surface area (Å²) in [6, 6.07) is 0.117. The number of carbonyl (C=O) groups is 3. The van der Waals surface area contributed by atoms with E-state index in [0.29, 0.717) is 32.2 Å². The zero-order valence-electron chi connectivity index (χ0n) is 14.6. The van der Waals surface area contributed by atoms with Gasteiger partial charge in [-0.3, -0.25) is 9.59 Å². The minimum absolute atomic E-state index is 0.0996. The second-order valence-electron chi connectivity index (χ2n) is 6.68. The van der Waals surface area contributed by atoms with Crippen LogP contribution in [0.1, 0.15) is 44.9 Å². The molecule has 10 heteroatoms. The lowest BCUT2D eigenvalue weighted by Gasteiger charge is -2.17. The molecule has 2 heterocycles. The number of carbonyl (C=O) groups excluding carboxylic acids is 2. The maximum absolute atomic E-state index is 12.2. The zero-order valence-corrected chi connectivity index (χ0v) is 15.4. The molecule has 0 aromatic rings. The van der Waals surface area contributed by atoms with Crippen molar-refractivity contribution in [2.24, 2.45) is 11.0 Å². The van der Waals surface area contributed by atoms with Gasteiger partial charge in [0.25, 0.3) is 0 Å². The van der Waals surface area contributed by atoms with E-state index in [1.54, 1.807) is 11.8 Å². The number of ketones is 1. The number of carboxylic acids is 1. The van der Waals surface area contributed by atoms with Gasteiger partial charge in [-0.2, -0.15) is 11.8 Å². The average Bonchev–Trinajstić information content (AvgIpc) is 3.13. The van der Waals surface area contributed by atoms with Crippen LogP contribution in [0.4, 0.5) is 4.79 Å². The van der Waals surface area contributed by atoms with Crippen molar-refractivity contribution in [1.82, 2.24) is 10.6 Å². The van der Waals surface area contributed by atoms with Crippen LogP contribution >= 0.6 is 11.8 Å². The fourth-order valence-corrected chi connectivity index (χ4v) is 5.01. The second-order valence-corrected chi connectivity index (χ2v) is 7.95. The summed E-state index contributed by atoms with van der Waals surface area (Å²) in [5.41, 5.74) is 8.18. The lowest BCUT2D eigenvalue weighted by atomic mass is 9.92. The van der Waals surface area contributed by atoms with Gasteiger partial charge in [-0.05, 0) is 31.2 Å². The SMILES string of the molecule is [N-]=[N+]=NCCCCCC(=O)C(CCC[C@@H]1SC[C@@H]2NC(=O)N[C@@H]21)C(=O)O. The van der Waals surface area contributed by atoms with Gasteiger partial charge >= 0.3 is 12.0 Å². The highest BCUT2D eigenvalue weighted by atomic mass is 32.2. The average molecular weight is 383 g/mol. The Balaban J connectivity index is 1.69. The van der Waals surface area contributed by atoms with Crippen molar-refractivity contribution in [3.05, 3.63) is 10.4 Å². The van der Waals surface area contributed by atoms with Crippen LogP contribution in [-0.2, 0) is 9.59 Å². The monoisotopic (exact) mass is 383 g/mol. The van der Waals surface area contributed by atoms with Gasteiger partial charge in [-0.15, -0.1) is 0 Å². The largest absolute Gasteiger partial charge is 0.481 e. The Morgan fingerprint density at radius 1 is 1.31 bits per heavy atom. The number of azide groups is 1. The molecule has 2 rings (SSSR count). The van der Waals surface area contributed by atoms with Crippen molar-refractivity contribution in [3.63, 3.8) is 0 Å². The molecule has 2 aliphatic rings. The third-order valence-corrected chi connectivity index (χ3v) is 6.36. The van der Waals surface area contributed by atoms with Gasteiger partial charge in [0.15, 0.2) is 0 Å². The fraction of sp³-hybridized carbons (Fsp3) is 0.812. The number of carboxylic acid groups (broad SMARTS) is 1. The van der Waals surface area contributed by atoms with Gasteiger partial charge in [0.1, 0.15) is 11.7 Å². The Bertz CT molecular complexity index is 581. The molecule has 1 unspecified atom stereocenters. The van der Waals surface area contributed by atoms with Crippen LogP contribution in [0.25, 0.3) is 10.4 Å². The molecule has 144 valence electrons. The predicted octanol–water partition coefficient (Wildman–Crippen LogP) is 2.46. The van der Waals surface area contributed by atoms with E-state index in [9.17, 15) is 19.5 Å². The van der Waals surface area contributed by atoms with Crippen molar-refractivity contribution in [2.75, 3.05) is 12.3 Å². The number of hydrogen-bond acceptors (Lipinski definition) is 5. The first-order chi connectivity index (χ1) is 12.5. The maximum Gasteiger partial charge on any atom is 0.315 e. The summed E-state index contributed by atoms with van der Waals surface area (Å²) < 4.78 is 0. The smallest absolute Gasteiger partial charge is 0.315 e. The number of Topliss-reactive ketones (excluding diaryl/α,β-unsaturated/α-hetero) is 1. The van der Waals surface area contributed by atoms with Crippen molar-refractivity contribution in [2.45, 2.75) is 62.3 Å². The van der Waals surface area contributed by atoms with Crippen LogP contribution in [0, 0.1) is 5.92 Å². The highest BCUT2D eigenvalue weighted by molar-refractivity contribution is 8.00. The van der Waals surface area contributed by atoms with Crippen LogP contribution in [-0.4, -0.2) is 52.5 Å². The van der Waals surface area contributed by atoms with Crippen LogP contribution in [0.3, 0.4) is 0 Å². The van der Waals surface area contributed by atoms with E-state index in [0.717, 1.165) is 18.6 Å². The Morgan fingerprint density at radius 3 is 2.85 bits per heavy atom. The summed E-state index contributed by atoms with van der Waals surface area (Å²) in [5.74, 6) is -1.37. The van der Waals surface area contributed by atoms with Gasteiger partial charge in [-0.1, -0.05) is 18.0 Å². The van der Waals surface area contributed by atoms with Gasteiger partial charge in [0.05, 0.1) is 12.1 Å². The quantitative estimate of drug-likeness (QED) is 0.118. The molecule has 4 atom stereocenters. The number of hydrogen-bond donors (Lipinski definition) is 3. The molecule has 0 spiro atoms. The van der Waals surface area contributed by atoms with E-state index in [1.165, 1.54) is 0 Å². The minimum Gasteiger partial charge on any atom is -0.481 e. The number of thioether (sulfide) groups is 1. The van der Waals surface area contributed by atoms with Gasteiger partial charge in [-0.25, -0.2) is 4.79 Å².